The first-order chi connectivity index (χ1) is 7.31. The largest absolute Gasteiger partial charge is 0.392 e. The standard InChI is InChI=1S/C13H18OS/c1-2-3-7-11(14)13-9-10-6-4-5-8-12(10)15-13/h4-6,8,11,13-14H,2-3,7,9H2,1H3. The number of thioether (sulfide) groups is 1. The molecular weight excluding hydrogens is 204 g/mol. The number of hydrogen-bond acceptors (Lipinski definition) is 2. The number of aliphatic hydroxyl groups excluding tert-OH is 1. The van der Waals surface area contributed by atoms with E-state index in [9.17, 15) is 5.11 Å². The third-order valence-electron chi connectivity index (χ3n) is 2.95. The highest BCUT2D eigenvalue weighted by Gasteiger charge is 2.27. The molecule has 1 heterocycles. The first-order valence-corrected chi connectivity index (χ1v) is 6.62. The summed E-state index contributed by atoms with van der Waals surface area (Å²) in [5.74, 6) is 0. The molecule has 0 saturated carbocycles. The van der Waals surface area contributed by atoms with Crippen molar-refractivity contribution in [3.63, 3.8) is 0 Å². The fraction of sp³-hybridized carbons (Fsp3) is 0.538. The molecule has 0 aliphatic carbocycles. The molecule has 0 amide bonds. The lowest BCUT2D eigenvalue weighted by molar-refractivity contribution is 0.159. The van der Waals surface area contributed by atoms with Crippen LogP contribution in [0.2, 0.25) is 0 Å². The molecule has 2 heteroatoms. The minimum Gasteiger partial charge on any atom is -0.392 e. The van der Waals surface area contributed by atoms with E-state index in [4.69, 9.17) is 0 Å². The van der Waals surface area contributed by atoms with Crippen LogP contribution in [0, 0.1) is 0 Å². The minimum atomic E-state index is -0.137. The first kappa shape index (κ1) is 11.0. The van der Waals surface area contributed by atoms with E-state index in [0.29, 0.717) is 5.25 Å². The molecule has 2 rings (SSSR count). The Kier molecular flexibility index (Phi) is 3.71. The zero-order valence-corrected chi connectivity index (χ0v) is 9.96. The van der Waals surface area contributed by atoms with Gasteiger partial charge in [-0.1, -0.05) is 38.0 Å². The monoisotopic (exact) mass is 222 g/mol. The maximum Gasteiger partial charge on any atom is 0.0665 e. The molecular formula is C13H18OS. The third-order valence-corrected chi connectivity index (χ3v) is 4.39. The van der Waals surface area contributed by atoms with Gasteiger partial charge in [0.15, 0.2) is 0 Å². The average molecular weight is 222 g/mol. The van der Waals surface area contributed by atoms with E-state index in [0.717, 1.165) is 19.3 Å². The molecule has 2 atom stereocenters. The summed E-state index contributed by atoms with van der Waals surface area (Å²) < 4.78 is 0. The normalized spacial score (nSPS) is 21.3. The summed E-state index contributed by atoms with van der Waals surface area (Å²) in [5.41, 5.74) is 1.41. The Labute approximate surface area is 95.9 Å². The van der Waals surface area contributed by atoms with E-state index in [1.807, 2.05) is 11.8 Å². The van der Waals surface area contributed by atoms with Gasteiger partial charge in [0.2, 0.25) is 0 Å². The molecule has 0 saturated heterocycles. The van der Waals surface area contributed by atoms with Crippen molar-refractivity contribution in [2.24, 2.45) is 0 Å². The minimum absolute atomic E-state index is 0.137. The number of hydrogen-bond donors (Lipinski definition) is 1. The summed E-state index contributed by atoms with van der Waals surface area (Å²) in [5, 5.41) is 10.4. The summed E-state index contributed by atoms with van der Waals surface area (Å²) in [6.07, 6.45) is 4.14. The predicted molar refractivity (Wildman–Crippen MR) is 65.3 cm³/mol. The Balaban J connectivity index is 1.94. The number of aliphatic hydroxyl groups is 1. The Morgan fingerprint density at radius 3 is 3.00 bits per heavy atom. The highest BCUT2D eigenvalue weighted by atomic mass is 32.2. The number of fused-ring (bicyclic) bond motifs is 1. The molecule has 1 N–H and O–H groups in total. The SMILES string of the molecule is CCCCC(O)C1Cc2ccccc2S1. The van der Waals surface area contributed by atoms with Crippen molar-refractivity contribution in [2.45, 2.75) is 48.9 Å². The van der Waals surface area contributed by atoms with Gasteiger partial charge in [-0.05, 0) is 24.5 Å². The van der Waals surface area contributed by atoms with E-state index < -0.39 is 0 Å². The fourth-order valence-corrected chi connectivity index (χ4v) is 3.36. The summed E-state index contributed by atoms with van der Waals surface area (Å²) in [6, 6.07) is 8.49. The van der Waals surface area contributed by atoms with Crippen LogP contribution in [0.4, 0.5) is 0 Å². The summed E-state index contributed by atoms with van der Waals surface area (Å²) in [4.78, 5) is 1.36. The summed E-state index contributed by atoms with van der Waals surface area (Å²) >= 11 is 1.84. The molecule has 0 spiro atoms. The van der Waals surface area contributed by atoms with E-state index >= 15 is 0 Å². The molecule has 1 aliphatic rings. The van der Waals surface area contributed by atoms with Crippen molar-refractivity contribution in [1.29, 1.82) is 0 Å². The van der Waals surface area contributed by atoms with Crippen molar-refractivity contribution in [1.82, 2.24) is 0 Å². The van der Waals surface area contributed by atoms with Crippen LogP contribution in [-0.2, 0) is 6.42 Å². The quantitative estimate of drug-likeness (QED) is 0.844. The topological polar surface area (TPSA) is 20.2 Å². The van der Waals surface area contributed by atoms with Crippen LogP contribution in [0.25, 0.3) is 0 Å². The summed E-state index contributed by atoms with van der Waals surface area (Å²) in [6.45, 7) is 2.17. The third kappa shape index (κ3) is 2.56. The lowest BCUT2D eigenvalue weighted by atomic mass is 10.0. The molecule has 0 radical (unpaired) electrons. The maximum atomic E-state index is 10.0. The second-order valence-electron chi connectivity index (χ2n) is 4.18. The molecule has 82 valence electrons. The maximum absolute atomic E-state index is 10.0. The number of rotatable bonds is 4. The van der Waals surface area contributed by atoms with Crippen LogP contribution in [0.15, 0.2) is 29.2 Å². The highest BCUT2D eigenvalue weighted by Crippen LogP contribution is 2.39. The number of benzene rings is 1. The van der Waals surface area contributed by atoms with E-state index in [-0.39, 0.29) is 6.10 Å². The van der Waals surface area contributed by atoms with Gasteiger partial charge in [0.25, 0.3) is 0 Å². The molecule has 1 aromatic rings. The molecule has 1 aliphatic heterocycles. The first-order valence-electron chi connectivity index (χ1n) is 5.74. The van der Waals surface area contributed by atoms with Gasteiger partial charge >= 0.3 is 0 Å². The molecule has 2 unspecified atom stereocenters. The molecule has 15 heavy (non-hydrogen) atoms. The van der Waals surface area contributed by atoms with E-state index in [1.165, 1.54) is 16.9 Å². The van der Waals surface area contributed by atoms with Gasteiger partial charge in [0.1, 0.15) is 0 Å². The molecule has 0 bridgehead atoms. The van der Waals surface area contributed by atoms with Gasteiger partial charge in [0, 0.05) is 10.1 Å². The van der Waals surface area contributed by atoms with Gasteiger partial charge in [-0.3, -0.25) is 0 Å². The van der Waals surface area contributed by atoms with Gasteiger partial charge in [-0.25, -0.2) is 0 Å². The predicted octanol–water partition coefficient (Wildman–Crippen LogP) is 3.25. The Hall–Kier alpha value is -0.470. The molecule has 0 aromatic heterocycles. The number of unbranched alkanes of at least 4 members (excludes halogenated alkanes) is 1. The lowest BCUT2D eigenvalue weighted by Crippen LogP contribution is -2.22. The lowest BCUT2D eigenvalue weighted by Gasteiger charge is -2.16. The van der Waals surface area contributed by atoms with Crippen molar-refractivity contribution in [3.8, 4) is 0 Å². The zero-order chi connectivity index (χ0) is 10.7. The Bertz CT molecular complexity index is 299. The fourth-order valence-electron chi connectivity index (χ4n) is 2.02. The van der Waals surface area contributed by atoms with E-state index in [2.05, 4.69) is 31.2 Å². The van der Waals surface area contributed by atoms with Crippen molar-refractivity contribution in [2.75, 3.05) is 0 Å². The average Bonchev–Trinajstić information content (AvgIpc) is 2.69. The van der Waals surface area contributed by atoms with Crippen LogP contribution in [0.3, 0.4) is 0 Å². The van der Waals surface area contributed by atoms with Crippen molar-refractivity contribution >= 4 is 11.8 Å². The van der Waals surface area contributed by atoms with Crippen LogP contribution in [0.1, 0.15) is 31.7 Å². The van der Waals surface area contributed by atoms with Crippen LogP contribution < -0.4 is 0 Å². The van der Waals surface area contributed by atoms with Crippen LogP contribution >= 0.6 is 11.8 Å². The summed E-state index contributed by atoms with van der Waals surface area (Å²) in [7, 11) is 0. The van der Waals surface area contributed by atoms with Crippen LogP contribution in [-0.4, -0.2) is 16.5 Å². The Morgan fingerprint density at radius 2 is 2.27 bits per heavy atom. The van der Waals surface area contributed by atoms with Crippen LogP contribution in [0.5, 0.6) is 0 Å². The Morgan fingerprint density at radius 1 is 1.47 bits per heavy atom. The van der Waals surface area contributed by atoms with Crippen molar-refractivity contribution < 1.29 is 5.11 Å². The molecule has 1 nitrogen and oxygen atoms in total. The van der Waals surface area contributed by atoms with Gasteiger partial charge < -0.3 is 5.11 Å². The highest BCUT2D eigenvalue weighted by molar-refractivity contribution is 8.00. The second-order valence-corrected chi connectivity index (χ2v) is 5.46. The zero-order valence-electron chi connectivity index (χ0n) is 9.15. The molecule has 1 aromatic carbocycles. The van der Waals surface area contributed by atoms with Gasteiger partial charge in [-0.15, -0.1) is 11.8 Å². The van der Waals surface area contributed by atoms with E-state index in [1.54, 1.807) is 0 Å². The smallest absolute Gasteiger partial charge is 0.0665 e. The van der Waals surface area contributed by atoms with Crippen molar-refractivity contribution in [3.05, 3.63) is 29.8 Å². The molecule has 0 fully saturated rings. The van der Waals surface area contributed by atoms with Gasteiger partial charge in [-0.2, -0.15) is 0 Å². The van der Waals surface area contributed by atoms with Gasteiger partial charge in [0.05, 0.1) is 6.10 Å². The second kappa shape index (κ2) is 5.04.